The Hall–Kier alpha value is -2.90. The molecule has 1 aliphatic rings. The number of carbonyl (C=O) groups is 1. The van der Waals surface area contributed by atoms with Crippen molar-refractivity contribution in [3.8, 4) is 0 Å². The number of likely N-dealkylation sites (tertiary alicyclic amines) is 1. The molecule has 2 N–H and O–H groups in total. The molecule has 0 aromatic carbocycles. The predicted molar refractivity (Wildman–Crippen MR) is 94.1 cm³/mol. The fraction of sp³-hybridized carbons (Fsp3) is 0.412. The summed E-state index contributed by atoms with van der Waals surface area (Å²) in [7, 11) is 3.87. The SMILES string of the molecule is CN(C)c1cc([C@@H]2CCCN(C(=O)c3c[nH]c(=O)[nH]c3=O)C2)ccn1. The number of hydrogen-bond acceptors (Lipinski definition) is 5. The molecule has 0 bridgehead atoms. The van der Waals surface area contributed by atoms with E-state index in [2.05, 4.69) is 15.0 Å². The molecule has 1 saturated heterocycles. The second-order valence-corrected chi connectivity index (χ2v) is 6.42. The Balaban J connectivity index is 1.81. The highest BCUT2D eigenvalue weighted by Gasteiger charge is 2.27. The Bertz CT molecular complexity index is 886. The third-order valence-electron chi connectivity index (χ3n) is 4.46. The van der Waals surface area contributed by atoms with Crippen LogP contribution in [0.25, 0.3) is 0 Å². The second-order valence-electron chi connectivity index (χ2n) is 6.42. The minimum atomic E-state index is -0.658. The zero-order valence-electron chi connectivity index (χ0n) is 14.3. The van der Waals surface area contributed by atoms with E-state index in [1.165, 1.54) is 6.20 Å². The number of piperidine rings is 1. The largest absolute Gasteiger partial charge is 0.363 e. The summed E-state index contributed by atoms with van der Waals surface area (Å²) in [5, 5.41) is 0. The Kier molecular flexibility index (Phi) is 4.69. The van der Waals surface area contributed by atoms with Crippen LogP contribution in [0, 0.1) is 0 Å². The van der Waals surface area contributed by atoms with Gasteiger partial charge in [-0.25, -0.2) is 9.78 Å². The molecule has 1 aliphatic heterocycles. The molecule has 0 spiro atoms. The molecule has 1 atom stereocenters. The number of H-pyrrole nitrogens is 2. The summed E-state index contributed by atoms with van der Waals surface area (Å²) in [6.45, 7) is 1.13. The van der Waals surface area contributed by atoms with Gasteiger partial charge in [-0.2, -0.15) is 0 Å². The molecule has 0 saturated carbocycles. The average molecular weight is 343 g/mol. The first-order valence-electron chi connectivity index (χ1n) is 8.20. The Morgan fingerprint density at radius 1 is 1.36 bits per heavy atom. The van der Waals surface area contributed by atoms with E-state index in [4.69, 9.17) is 0 Å². The Morgan fingerprint density at radius 3 is 2.88 bits per heavy atom. The van der Waals surface area contributed by atoms with E-state index >= 15 is 0 Å². The number of carbonyl (C=O) groups excluding carboxylic acids is 1. The van der Waals surface area contributed by atoms with Crippen molar-refractivity contribution >= 4 is 11.7 Å². The lowest BCUT2D eigenvalue weighted by atomic mass is 9.91. The molecule has 3 rings (SSSR count). The number of hydrogen-bond donors (Lipinski definition) is 2. The third kappa shape index (κ3) is 3.62. The van der Waals surface area contributed by atoms with Gasteiger partial charge in [0, 0.05) is 45.5 Å². The molecular formula is C17H21N5O3. The number of rotatable bonds is 3. The second kappa shape index (κ2) is 6.92. The van der Waals surface area contributed by atoms with E-state index in [0.29, 0.717) is 13.1 Å². The molecule has 0 aliphatic carbocycles. The molecule has 8 nitrogen and oxygen atoms in total. The van der Waals surface area contributed by atoms with Crippen LogP contribution in [0.1, 0.15) is 34.7 Å². The Morgan fingerprint density at radius 2 is 2.16 bits per heavy atom. The number of pyridine rings is 1. The first kappa shape index (κ1) is 16.9. The lowest BCUT2D eigenvalue weighted by molar-refractivity contribution is 0.0704. The maximum Gasteiger partial charge on any atom is 0.325 e. The summed E-state index contributed by atoms with van der Waals surface area (Å²) in [4.78, 5) is 48.0. The van der Waals surface area contributed by atoms with Crippen molar-refractivity contribution in [2.24, 2.45) is 0 Å². The van der Waals surface area contributed by atoms with E-state index < -0.39 is 11.2 Å². The molecule has 3 heterocycles. The minimum absolute atomic E-state index is 0.0380. The zero-order valence-corrected chi connectivity index (χ0v) is 14.3. The van der Waals surface area contributed by atoms with Crippen LogP contribution in [0.3, 0.4) is 0 Å². The van der Waals surface area contributed by atoms with E-state index in [9.17, 15) is 14.4 Å². The molecule has 0 radical (unpaired) electrons. The van der Waals surface area contributed by atoms with Gasteiger partial charge >= 0.3 is 5.69 Å². The molecule has 2 aromatic heterocycles. The topological polar surface area (TPSA) is 102 Å². The van der Waals surface area contributed by atoms with Crippen molar-refractivity contribution in [2.75, 3.05) is 32.1 Å². The van der Waals surface area contributed by atoms with Crippen molar-refractivity contribution < 1.29 is 4.79 Å². The number of nitrogens with zero attached hydrogens (tertiary/aromatic N) is 3. The summed E-state index contributed by atoms with van der Waals surface area (Å²) in [6, 6.07) is 4.00. The molecule has 1 amide bonds. The fourth-order valence-electron chi connectivity index (χ4n) is 3.11. The lowest BCUT2D eigenvalue weighted by Gasteiger charge is -2.33. The van der Waals surface area contributed by atoms with Crippen LogP contribution in [0.15, 0.2) is 34.1 Å². The van der Waals surface area contributed by atoms with Gasteiger partial charge in [0.05, 0.1) is 0 Å². The van der Waals surface area contributed by atoms with E-state index in [-0.39, 0.29) is 17.4 Å². The average Bonchev–Trinajstić information content (AvgIpc) is 2.61. The first-order valence-corrected chi connectivity index (χ1v) is 8.20. The fourth-order valence-corrected chi connectivity index (χ4v) is 3.11. The van der Waals surface area contributed by atoms with Crippen LogP contribution < -0.4 is 16.1 Å². The minimum Gasteiger partial charge on any atom is -0.363 e. The van der Waals surface area contributed by atoms with Crippen molar-refractivity contribution in [2.45, 2.75) is 18.8 Å². The van der Waals surface area contributed by atoms with Crippen LogP contribution in [-0.4, -0.2) is 52.9 Å². The highest BCUT2D eigenvalue weighted by molar-refractivity contribution is 5.93. The van der Waals surface area contributed by atoms with E-state index in [0.717, 1.165) is 24.2 Å². The van der Waals surface area contributed by atoms with Gasteiger partial charge in [0.1, 0.15) is 11.4 Å². The summed E-state index contributed by atoms with van der Waals surface area (Å²) < 4.78 is 0. The molecule has 0 unspecified atom stereocenters. The molecule has 2 aromatic rings. The highest BCUT2D eigenvalue weighted by Crippen LogP contribution is 2.28. The van der Waals surface area contributed by atoms with Crippen LogP contribution >= 0.6 is 0 Å². The summed E-state index contributed by atoms with van der Waals surface area (Å²) in [5.41, 5.74) is -0.184. The van der Waals surface area contributed by atoms with Gasteiger partial charge in [0.25, 0.3) is 11.5 Å². The van der Waals surface area contributed by atoms with E-state index in [1.54, 1.807) is 11.1 Å². The summed E-state index contributed by atoms with van der Waals surface area (Å²) >= 11 is 0. The quantitative estimate of drug-likeness (QED) is 0.847. The number of anilines is 1. The van der Waals surface area contributed by atoms with Gasteiger partial charge in [-0.15, -0.1) is 0 Å². The van der Waals surface area contributed by atoms with Crippen molar-refractivity contribution in [1.29, 1.82) is 0 Å². The smallest absolute Gasteiger partial charge is 0.325 e. The standard InChI is InChI=1S/C17H21N5O3/c1-21(2)14-8-11(5-6-18-14)12-4-3-7-22(10-12)16(24)13-9-19-17(25)20-15(13)23/h5-6,8-9,12H,3-4,7,10H2,1-2H3,(H2,19,20,23,25)/t12-/m1/s1. The number of nitrogens with one attached hydrogen (secondary N) is 2. The summed E-state index contributed by atoms with van der Waals surface area (Å²) in [6.07, 6.45) is 4.79. The lowest BCUT2D eigenvalue weighted by Crippen LogP contribution is -2.42. The zero-order chi connectivity index (χ0) is 18.0. The number of aromatic nitrogens is 3. The van der Waals surface area contributed by atoms with Crippen LogP contribution in [0.2, 0.25) is 0 Å². The van der Waals surface area contributed by atoms with E-state index in [1.807, 2.05) is 31.1 Å². The Labute approximate surface area is 144 Å². The first-order chi connectivity index (χ1) is 12.0. The van der Waals surface area contributed by atoms with Crippen LogP contribution in [0.5, 0.6) is 0 Å². The van der Waals surface area contributed by atoms with Gasteiger partial charge in [0.15, 0.2) is 0 Å². The van der Waals surface area contributed by atoms with Crippen LogP contribution in [-0.2, 0) is 0 Å². The number of aromatic amines is 2. The molecule has 132 valence electrons. The monoisotopic (exact) mass is 343 g/mol. The van der Waals surface area contributed by atoms with Gasteiger partial charge in [-0.1, -0.05) is 0 Å². The molecule has 8 heteroatoms. The summed E-state index contributed by atoms with van der Waals surface area (Å²) in [5.74, 6) is 0.711. The van der Waals surface area contributed by atoms with Gasteiger partial charge in [0.2, 0.25) is 0 Å². The normalized spacial score (nSPS) is 17.4. The highest BCUT2D eigenvalue weighted by atomic mass is 16.2. The van der Waals surface area contributed by atoms with Gasteiger partial charge in [-0.05, 0) is 30.5 Å². The van der Waals surface area contributed by atoms with Gasteiger partial charge in [-0.3, -0.25) is 14.6 Å². The molecular weight excluding hydrogens is 322 g/mol. The van der Waals surface area contributed by atoms with Crippen molar-refractivity contribution in [1.82, 2.24) is 19.9 Å². The van der Waals surface area contributed by atoms with Crippen molar-refractivity contribution in [3.05, 3.63) is 56.5 Å². The molecule has 1 fully saturated rings. The third-order valence-corrected chi connectivity index (χ3v) is 4.46. The van der Waals surface area contributed by atoms with Crippen LogP contribution in [0.4, 0.5) is 5.82 Å². The number of amides is 1. The maximum absolute atomic E-state index is 12.6. The predicted octanol–water partition coefficient (Wildman–Crippen LogP) is 0.544. The molecule has 25 heavy (non-hydrogen) atoms. The van der Waals surface area contributed by atoms with Gasteiger partial charge < -0.3 is 14.8 Å². The van der Waals surface area contributed by atoms with Crippen molar-refractivity contribution in [3.63, 3.8) is 0 Å². The maximum atomic E-state index is 12.6.